The number of benzene rings is 14. The van der Waals surface area contributed by atoms with Gasteiger partial charge < -0.3 is 4.90 Å². The van der Waals surface area contributed by atoms with Gasteiger partial charge in [-0.05, 0) is 179 Å². The summed E-state index contributed by atoms with van der Waals surface area (Å²) < 4.78 is 0. The van der Waals surface area contributed by atoms with Gasteiger partial charge in [0.25, 0.3) is 0 Å². The molecule has 0 aliphatic carbocycles. The molecule has 0 bridgehead atoms. The average Bonchev–Trinajstić information content (AvgIpc) is 3.41. The SMILES string of the molecule is c1ccc2c(c1)ccc1cc(-c3ccc(N(c4ccc(-c5ccc6c(ccc7ccccc76)c5)cc4)c4cc5ccc6cccc7c8cccc9ccc%10cccc(c(c4)c5c67)c%10c98)cc3)ccc12. The van der Waals surface area contributed by atoms with E-state index >= 15 is 0 Å². The van der Waals surface area contributed by atoms with Crippen molar-refractivity contribution in [3.63, 3.8) is 0 Å². The highest BCUT2D eigenvalue weighted by molar-refractivity contribution is 6.37. The molecule has 1 heteroatoms. The minimum atomic E-state index is 1.10. The van der Waals surface area contributed by atoms with E-state index in [9.17, 15) is 0 Å². The van der Waals surface area contributed by atoms with E-state index in [1.54, 1.807) is 0 Å². The van der Waals surface area contributed by atoms with Gasteiger partial charge in [0.1, 0.15) is 0 Å². The Hall–Kier alpha value is -9.04. The molecular weight excluding hydrogens is 831 g/mol. The third kappa shape index (κ3) is 5.84. The number of nitrogens with zero attached hydrogens (tertiary/aromatic N) is 1. The highest BCUT2D eigenvalue weighted by Gasteiger charge is 2.20. The first-order valence-electron chi connectivity index (χ1n) is 24.0. The summed E-state index contributed by atoms with van der Waals surface area (Å²) >= 11 is 0. The lowest BCUT2D eigenvalue weighted by Gasteiger charge is -2.27. The van der Waals surface area contributed by atoms with Crippen molar-refractivity contribution in [1.29, 1.82) is 0 Å². The Morgan fingerprint density at radius 1 is 0.174 bits per heavy atom. The number of fused-ring (bicyclic) bond motifs is 8. The minimum Gasteiger partial charge on any atom is -0.310 e. The molecule has 0 amide bonds. The van der Waals surface area contributed by atoms with Crippen LogP contribution in [-0.2, 0) is 0 Å². The molecule has 0 saturated carbocycles. The lowest BCUT2D eigenvalue weighted by Crippen LogP contribution is -2.10. The summed E-state index contributed by atoms with van der Waals surface area (Å²) in [6.45, 7) is 0. The number of rotatable bonds is 5. The normalized spacial score (nSPS) is 12.1. The highest BCUT2D eigenvalue weighted by Crippen LogP contribution is 2.47. The quantitative estimate of drug-likeness (QED) is 0.156. The first-order chi connectivity index (χ1) is 34.2. The smallest absolute Gasteiger partial charge is 0.0474 e. The molecule has 15 aromatic rings. The summed E-state index contributed by atoms with van der Waals surface area (Å²) in [5.41, 5.74) is 8.09. The highest BCUT2D eigenvalue weighted by atomic mass is 15.1. The van der Waals surface area contributed by atoms with E-state index in [4.69, 9.17) is 0 Å². The van der Waals surface area contributed by atoms with E-state index < -0.39 is 0 Å². The zero-order valence-corrected chi connectivity index (χ0v) is 37.6. The molecular formula is C68H41N. The van der Waals surface area contributed by atoms with Gasteiger partial charge in [-0.15, -0.1) is 0 Å². The molecule has 1 nitrogen and oxygen atoms in total. The third-order valence-electron chi connectivity index (χ3n) is 15.1. The van der Waals surface area contributed by atoms with Gasteiger partial charge in [0.15, 0.2) is 0 Å². The van der Waals surface area contributed by atoms with Crippen molar-refractivity contribution in [2.75, 3.05) is 4.90 Å². The summed E-state index contributed by atoms with van der Waals surface area (Å²) in [5, 5.41) is 25.5. The van der Waals surface area contributed by atoms with E-state index in [1.165, 1.54) is 130 Å². The van der Waals surface area contributed by atoms with Crippen molar-refractivity contribution in [3.8, 4) is 22.3 Å². The summed E-state index contributed by atoms with van der Waals surface area (Å²) in [6, 6.07) is 93.0. The second-order valence-electron chi connectivity index (χ2n) is 18.8. The molecule has 0 fully saturated rings. The second kappa shape index (κ2) is 14.7. The van der Waals surface area contributed by atoms with Crippen LogP contribution in [0.3, 0.4) is 0 Å². The molecule has 0 N–H and O–H groups in total. The third-order valence-corrected chi connectivity index (χ3v) is 15.1. The van der Waals surface area contributed by atoms with Crippen LogP contribution in [0.4, 0.5) is 17.1 Å². The molecule has 0 radical (unpaired) electrons. The van der Waals surface area contributed by atoms with Crippen molar-refractivity contribution in [2.45, 2.75) is 0 Å². The van der Waals surface area contributed by atoms with Gasteiger partial charge in [0, 0.05) is 17.1 Å². The first-order valence-corrected chi connectivity index (χ1v) is 24.0. The van der Waals surface area contributed by atoms with Gasteiger partial charge in [0.05, 0.1) is 0 Å². The Morgan fingerprint density at radius 3 is 1.01 bits per heavy atom. The van der Waals surface area contributed by atoms with Crippen LogP contribution in [0.15, 0.2) is 249 Å². The van der Waals surface area contributed by atoms with Gasteiger partial charge in [-0.1, -0.05) is 200 Å². The molecule has 0 saturated heterocycles. The molecule has 15 rings (SSSR count). The van der Waals surface area contributed by atoms with Crippen LogP contribution in [0.5, 0.6) is 0 Å². The van der Waals surface area contributed by atoms with Crippen LogP contribution >= 0.6 is 0 Å². The molecule has 0 atom stereocenters. The first kappa shape index (κ1) is 38.1. The molecule has 0 aliphatic rings. The maximum atomic E-state index is 2.46. The molecule has 0 aliphatic heterocycles. The second-order valence-corrected chi connectivity index (χ2v) is 18.8. The topological polar surface area (TPSA) is 3.24 Å². The van der Waals surface area contributed by atoms with Crippen LogP contribution in [0.2, 0.25) is 0 Å². The van der Waals surface area contributed by atoms with E-state index in [0.717, 1.165) is 17.1 Å². The number of hydrogen-bond acceptors (Lipinski definition) is 1. The number of hydrogen-bond donors (Lipinski definition) is 0. The van der Waals surface area contributed by atoms with Crippen LogP contribution < -0.4 is 4.90 Å². The Kier molecular flexibility index (Phi) is 8.13. The van der Waals surface area contributed by atoms with Crippen LogP contribution in [0, 0.1) is 0 Å². The summed E-state index contributed by atoms with van der Waals surface area (Å²) in [7, 11) is 0. The van der Waals surface area contributed by atoms with Crippen molar-refractivity contribution < 1.29 is 0 Å². The van der Waals surface area contributed by atoms with Crippen molar-refractivity contribution in [3.05, 3.63) is 249 Å². The molecule has 0 unspecified atom stereocenters. The average molecular weight is 872 g/mol. The Labute approximate surface area is 398 Å². The van der Waals surface area contributed by atoms with Gasteiger partial charge in [-0.25, -0.2) is 0 Å². The van der Waals surface area contributed by atoms with Crippen molar-refractivity contribution >= 4 is 125 Å². The van der Waals surface area contributed by atoms with Crippen LogP contribution in [0.25, 0.3) is 130 Å². The van der Waals surface area contributed by atoms with Gasteiger partial charge in [-0.2, -0.15) is 0 Å². The predicted octanol–water partition coefficient (Wildman–Crippen LogP) is 19.5. The maximum Gasteiger partial charge on any atom is 0.0474 e. The van der Waals surface area contributed by atoms with Gasteiger partial charge in [-0.3, -0.25) is 0 Å². The molecule has 318 valence electrons. The van der Waals surface area contributed by atoms with Crippen LogP contribution in [-0.4, -0.2) is 0 Å². The fourth-order valence-corrected chi connectivity index (χ4v) is 11.8. The van der Waals surface area contributed by atoms with E-state index in [0.29, 0.717) is 0 Å². The lowest BCUT2D eigenvalue weighted by atomic mass is 9.87. The summed E-state index contributed by atoms with van der Waals surface area (Å²) in [5.74, 6) is 0. The van der Waals surface area contributed by atoms with Crippen LogP contribution in [0.1, 0.15) is 0 Å². The molecule has 0 aromatic heterocycles. The largest absolute Gasteiger partial charge is 0.310 e. The molecule has 0 spiro atoms. The molecule has 0 heterocycles. The summed E-state index contributed by atoms with van der Waals surface area (Å²) in [6.07, 6.45) is 0. The lowest BCUT2D eigenvalue weighted by molar-refractivity contribution is 1.29. The van der Waals surface area contributed by atoms with Gasteiger partial charge in [0.2, 0.25) is 0 Å². The Morgan fingerprint density at radius 2 is 0.522 bits per heavy atom. The zero-order chi connectivity index (χ0) is 45.2. The van der Waals surface area contributed by atoms with E-state index in [1.807, 2.05) is 0 Å². The fraction of sp³-hybridized carbons (Fsp3) is 0. The van der Waals surface area contributed by atoms with E-state index in [2.05, 4.69) is 254 Å². The zero-order valence-electron chi connectivity index (χ0n) is 37.6. The fourth-order valence-electron chi connectivity index (χ4n) is 11.8. The minimum absolute atomic E-state index is 1.10. The maximum absolute atomic E-state index is 2.46. The summed E-state index contributed by atoms with van der Waals surface area (Å²) in [4.78, 5) is 2.45. The van der Waals surface area contributed by atoms with Crippen molar-refractivity contribution in [1.82, 2.24) is 0 Å². The number of anilines is 3. The standard InChI is InChI=1S/C68H41N/c1-3-13-57-44(8-1)18-23-51-38-49(30-36-59(51)57)42-26-32-54(33-27-42)69(55-34-28-43(29-35-55)50-31-37-60-52(39-50)24-19-45-9-2-4-14-58(45)60)56-40-53-25-22-48-11-6-16-62-61-15-5-10-46-20-21-47-12-7-17-63(67(47)65(46)61)64(41-56)68(53)66(48)62/h1-41H. The van der Waals surface area contributed by atoms with E-state index in [-0.39, 0.29) is 0 Å². The predicted molar refractivity (Wildman–Crippen MR) is 298 cm³/mol. The Balaban J connectivity index is 0.940. The Bertz CT molecular complexity index is 4410. The molecule has 69 heavy (non-hydrogen) atoms. The van der Waals surface area contributed by atoms with Gasteiger partial charge >= 0.3 is 0 Å². The molecule has 15 aromatic carbocycles. The monoisotopic (exact) mass is 871 g/mol. The van der Waals surface area contributed by atoms with Crippen molar-refractivity contribution in [2.24, 2.45) is 0 Å².